The Morgan fingerprint density at radius 3 is 1.95 bits per heavy atom. The number of Topliss-reactive ketones (excluding diaryl/α,β-unsaturated/α-hetero) is 1. The minimum absolute atomic E-state index is 0.0619. The Morgan fingerprint density at radius 2 is 1.41 bits per heavy atom. The number of ether oxygens (including phenoxy) is 3. The van der Waals surface area contributed by atoms with Crippen LogP contribution in [0.4, 0.5) is 4.79 Å². The van der Waals surface area contributed by atoms with Gasteiger partial charge < -0.3 is 40.4 Å². The Balaban J connectivity index is 1.93. The first-order valence-corrected chi connectivity index (χ1v) is 14.7. The lowest BCUT2D eigenvalue weighted by Crippen LogP contribution is -2.55. The monoisotopic (exact) mass is 613 g/mol. The summed E-state index contributed by atoms with van der Waals surface area (Å²) in [6.45, 7) is 7.22. The normalized spacial score (nSPS) is 12.2. The minimum Gasteiger partial charge on any atom is -0.497 e. The summed E-state index contributed by atoms with van der Waals surface area (Å²) in [5.74, 6) is -0.251. The van der Waals surface area contributed by atoms with Gasteiger partial charge in [0, 0.05) is 25.7 Å². The summed E-state index contributed by atoms with van der Waals surface area (Å²) >= 11 is 0. The Labute approximate surface area is 260 Å². The molecule has 0 bridgehead atoms. The number of methoxy groups -OCH3 is 2. The molecule has 12 nitrogen and oxygen atoms in total. The van der Waals surface area contributed by atoms with E-state index in [0.717, 1.165) is 17.9 Å². The van der Waals surface area contributed by atoms with Gasteiger partial charge in [0.1, 0.15) is 29.9 Å². The zero-order chi connectivity index (χ0) is 32.6. The molecule has 2 unspecified atom stereocenters. The van der Waals surface area contributed by atoms with Crippen LogP contribution in [0.3, 0.4) is 0 Å². The predicted octanol–water partition coefficient (Wildman–Crippen LogP) is 2.64. The van der Waals surface area contributed by atoms with Gasteiger partial charge in [-0.25, -0.2) is 4.79 Å². The maximum absolute atomic E-state index is 13.2. The number of benzene rings is 2. The summed E-state index contributed by atoms with van der Waals surface area (Å²) in [6, 6.07) is 10.0. The summed E-state index contributed by atoms with van der Waals surface area (Å²) in [7, 11) is 6.98. The van der Waals surface area contributed by atoms with Crippen molar-refractivity contribution in [3.05, 3.63) is 53.6 Å². The van der Waals surface area contributed by atoms with Crippen LogP contribution < -0.4 is 35.5 Å². The highest BCUT2D eigenvalue weighted by Crippen LogP contribution is 2.22. The first-order chi connectivity index (χ1) is 20.9. The Kier molecular flexibility index (Phi) is 15.0. The zero-order valence-corrected chi connectivity index (χ0v) is 26.8. The van der Waals surface area contributed by atoms with Crippen LogP contribution in [-0.4, -0.2) is 82.1 Å². The molecular formula is C32H47N5O7. The number of hydrogen-bond donors (Lipinski definition) is 4. The van der Waals surface area contributed by atoms with Crippen molar-refractivity contribution in [2.45, 2.75) is 58.8 Å². The fourth-order valence-corrected chi connectivity index (χ4v) is 4.17. The largest absolute Gasteiger partial charge is 0.497 e. The van der Waals surface area contributed by atoms with Gasteiger partial charge in [0.15, 0.2) is 0 Å². The number of hydrogen-bond acceptors (Lipinski definition) is 8. The molecule has 2 atom stereocenters. The number of likely N-dealkylation sites (N-methyl/N-ethyl adjacent to an activating group) is 1. The van der Waals surface area contributed by atoms with Crippen LogP contribution in [0.1, 0.15) is 44.7 Å². The highest BCUT2D eigenvalue weighted by Gasteiger charge is 2.29. The molecule has 0 saturated heterocycles. The van der Waals surface area contributed by atoms with Gasteiger partial charge in [0.2, 0.25) is 11.7 Å². The molecule has 242 valence electrons. The number of nitrogens with zero attached hydrogens (tertiary/aromatic N) is 1. The third-order valence-electron chi connectivity index (χ3n) is 6.64. The number of carbonyl (C=O) groups excluding carboxylic acids is 4. The third kappa shape index (κ3) is 12.5. The topological polar surface area (TPSA) is 147 Å². The van der Waals surface area contributed by atoms with E-state index in [9.17, 15) is 19.2 Å². The van der Waals surface area contributed by atoms with Gasteiger partial charge in [0.25, 0.3) is 5.91 Å². The van der Waals surface area contributed by atoms with E-state index in [1.807, 2.05) is 57.1 Å². The van der Waals surface area contributed by atoms with Gasteiger partial charge in [-0.1, -0.05) is 32.9 Å². The molecule has 12 heteroatoms. The van der Waals surface area contributed by atoms with E-state index >= 15 is 0 Å². The first kappa shape index (κ1) is 35.9. The highest BCUT2D eigenvalue weighted by atomic mass is 16.5. The number of carbonyl (C=O) groups is 4. The number of amides is 4. The number of urea groups is 1. The van der Waals surface area contributed by atoms with Crippen molar-refractivity contribution in [3.8, 4) is 17.2 Å². The first-order valence-electron chi connectivity index (χ1n) is 14.7. The molecule has 0 aliphatic carbocycles. The van der Waals surface area contributed by atoms with Crippen molar-refractivity contribution in [2.75, 3.05) is 41.5 Å². The molecular weight excluding hydrogens is 566 g/mol. The molecule has 0 spiro atoms. The van der Waals surface area contributed by atoms with Crippen molar-refractivity contribution in [1.29, 1.82) is 0 Å². The van der Waals surface area contributed by atoms with Crippen molar-refractivity contribution < 1.29 is 33.4 Å². The molecule has 2 aromatic carbocycles. The van der Waals surface area contributed by atoms with Gasteiger partial charge >= 0.3 is 6.03 Å². The van der Waals surface area contributed by atoms with Crippen LogP contribution in [0.25, 0.3) is 0 Å². The number of ketones is 1. The van der Waals surface area contributed by atoms with Crippen LogP contribution in [0.15, 0.2) is 42.5 Å². The van der Waals surface area contributed by atoms with Crippen LogP contribution >= 0.6 is 0 Å². The predicted molar refractivity (Wildman–Crippen MR) is 168 cm³/mol. The molecule has 0 radical (unpaired) electrons. The van der Waals surface area contributed by atoms with E-state index in [1.165, 1.54) is 14.2 Å². The van der Waals surface area contributed by atoms with Crippen molar-refractivity contribution in [2.24, 2.45) is 5.92 Å². The van der Waals surface area contributed by atoms with Crippen LogP contribution in [0.2, 0.25) is 0 Å². The van der Waals surface area contributed by atoms with Crippen molar-refractivity contribution in [3.63, 3.8) is 0 Å². The molecule has 4 N–H and O–H groups in total. The molecule has 4 amide bonds. The fraction of sp³-hybridized carbons (Fsp3) is 0.500. The average molecular weight is 614 g/mol. The molecule has 2 rings (SSSR count). The lowest BCUT2D eigenvalue weighted by atomic mass is 10.0. The second-order valence-electron chi connectivity index (χ2n) is 11.0. The second-order valence-corrected chi connectivity index (χ2v) is 11.0. The molecule has 0 heterocycles. The van der Waals surface area contributed by atoms with Gasteiger partial charge in [-0.3, -0.25) is 14.4 Å². The maximum atomic E-state index is 13.2. The number of nitrogens with one attached hydrogen (secondary N) is 4. The Bertz CT molecular complexity index is 1210. The molecule has 0 aliphatic rings. The molecule has 0 aliphatic heterocycles. The van der Waals surface area contributed by atoms with Gasteiger partial charge in [-0.15, -0.1) is 0 Å². The summed E-state index contributed by atoms with van der Waals surface area (Å²) in [5, 5.41) is 10.7. The van der Waals surface area contributed by atoms with Crippen molar-refractivity contribution >= 4 is 23.6 Å². The van der Waals surface area contributed by atoms with E-state index in [1.54, 1.807) is 25.1 Å². The summed E-state index contributed by atoms with van der Waals surface area (Å²) in [5.41, 5.74) is 1.54. The fourth-order valence-electron chi connectivity index (χ4n) is 4.17. The second kappa shape index (κ2) is 18.4. The van der Waals surface area contributed by atoms with E-state index in [-0.39, 0.29) is 25.4 Å². The average Bonchev–Trinajstić information content (AvgIpc) is 3.00. The molecule has 44 heavy (non-hydrogen) atoms. The van der Waals surface area contributed by atoms with Gasteiger partial charge in [-0.05, 0) is 68.2 Å². The standard InChI is InChI=1S/C32H47N5O7/c1-8-27(29(38)31(40)33-20-23-16-25(42-6)18-26(17-23)43-7)35-30(39)28(15-21(2)3)36-32(41)34-19-22-9-11-24(12-10-22)44-14-13-37(4)5/h9-12,16-18,21,27-28H,8,13-15,19-20H2,1-7H3,(H,33,40)(H,35,39)(H2,34,36,41). The van der Waals surface area contributed by atoms with Gasteiger partial charge in [0.05, 0.1) is 20.3 Å². The minimum atomic E-state index is -1.06. The molecule has 0 saturated carbocycles. The summed E-state index contributed by atoms with van der Waals surface area (Å²) < 4.78 is 16.2. The van der Waals surface area contributed by atoms with Crippen LogP contribution in [-0.2, 0) is 27.5 Å². The molecule has 0 aromatic heterocycles. The van der Waals surface area contributed by atoms with E-state index < -0.39 is 35.7 Å². The lowest BCUT2D eigenvalue weighted by Gasteiger charge is -2.23. The third-order valence-corrected chi connectivity index (χ3v) is 6.64. The Morgan fingerprint density at radius 1 is 0.795 bits per heavy atom. The zero-order valence-electron chi connectivity index (χ0n) is 26.8. The summed E-state index contributed by atoms with van der Waals surface area (Å²) in [4.78, 5) is 53.6. The van der Waals surface area contributed by atoms with Crippen LogP contribution in [0, 0.1) is 5.92 Å². The van der Waals surface area contributed by atoms with Crippen molar-refractivity contribution in [1.82, 2.24) is 26.2 Å². The smallest absolute Gasteiger partial charge is 0.315 e. The van der Waals surface area contributed by atoms with Gasteiger partial charge in [-0.2, -0.15) is 0 Å². The van der Waals surface area contributed by atoms with E-state index in [4.69, 9.17) is 14.2 Å². The van der Waals surface area contributed by atoms with Crippen LogP contribution in [0.5, 0.6) is 17.2 Å². The molecule has 2 aromatic rings. The Hall–Kier alpha value is -4.32. The highest BCUT2D eigenvalue weighted by molar-refractivity contribution is 6.38. The molecule has 0 fully saturated rings. The van der Waals surface area contributed by atoms with E-state index in [2.05, 4.69) is 21.3 Å². The van der Waals surface area contributed by atoms with E-state index in [0.29, 0.717) is 30.1 Å². The summed E-state index contributed by atoms with van der Waals surface area (Å²) in [6.07, 6.45) is 0.535. The lowest BCUT2D eigenvalue weighted by molar-refractivity contribution is -0.140. The number of rotatable bonds is 18. The quantitative estimate of drug-likeness (QED) is 0.188. The maximum Gasteiger partial charge on any atom is 0.315 e. The SMILES string of the molecule is CCC(NC(=O)C(CC(C)C)NC(=O)NCc1ccc(OCCN(C)C)cc1)C(=O)C(=O)NCc1cc(OC)cc(OC)c1.